The zero-order valence-corrected chi connectivity index (χ0v) is 22.9. The zero-order chi connectivity index (χ0) is 26.8. The Morgan fingerprint density at radius 2 is 1.55 bits per heavy atom. The van der Waals surface area contributed by atoms with Crippen LogP contribution in [0.4, 0.5) is 0 Å². The Labute approximate surface area is 224 Å². The molecular weight excluding hydrogens is 496 g/mol. The molecule has 38 heavy (non-hydrogen) atoms. The Morgan fingerprint density at radius 3 is 2.26 bits per heavy atom. The summed E-state index contributed by atoms with van der Waals surface area (Å²) in [4.78, 5) is 11.2. The summed E-state index contributed by atoms with van der Waals surface area (Å²) in [5, 5.41) is 20.7. The number of ether oxygens (including phenoxy) is 7. The molecule has 6 rings (SSSR count). The minimum absolute atomic E-state index is 0.135. The smallest absolute Gasteiger partial charge is 0.308 e. The largest absolute Gasteiger partial charge is 0.481 e. The van der Waals surface area contributed by atoms with E-state index in [4.69, 9.17) is 38.3 Å². The lowest BCUT2D eigenvalue weighted by atomic mass is 9.76. The van der Waals surface area contributed by atoms with Crippen LogP contribution in [0, 0.1) is 23.7 Å². The summed E-state index contributed by atoms with van der Waals surface area (Å²) in [6, 6.07) is 0. The average molecular weight is 541 g/mol. The highest BCUT2D eigenvalue weighted by Crippen LogP contribution is 2.50. The van der Waals surface area contributed by atoms with E-state index in [1.54, 1.807) is 0 Å². The van der Waals surface area contributed by atoms with E-state index in [1.807, 2.05) is 6.92 Å². The van der Waals surface area contributed by atoms with E-state index < -0.39 is 30.3 Å². The summed E-state index contributed by atoms with van der Waals surface area (Å²) in [6.07, 6.45) is 0.177. The van der Waals surface area contributed by atoms with Gasteiger partial charge in [-0.3, -0.25) is 4.79 Å². The van der Waals surface area contributed by atoms with Crippen LogP contribution in [0.25, 0.3) is 0 Å². The Balaban J connectivity index is 1.21. The van der Waals surface area contributed by atoms with Crippen molar-refractivity contribution in [3.8, 4) is 0 Å². The quantitative estimate of drug-likeness (QED) is 0.540. The topological polar surface area (TPSA) is 122 Å². The lowest BCUT2D eigenvalue weighted by Gasteiger charge is -2.51. The maximum Gasteiger partial charge on any atom is 0.308 e. The zero-order valence-electron chi connectivity index (χ0n) is 22.9. The standard InChI is InChI=1S/C28H44O10/c1-13-8-17-19(34-21-12-32-23(11-22(29)30)35-18(21)9-13)10-20-25(36-17)15(3)24(31)27-26(37-20)14(2)16(4)28(38-27)6-5-7-33-28/h13-21,23-27,31H,5-12H2,1-4H3,(H,29,30)/t13-,14+,15+,16+,17+,18-,19-,20+,21+,23-,24+,25-,26-,27+,28-/m1/s1. The monoisotopic (exact) mass is 540 g/mol. The van der Waals surface area contributed by atoms with Gasteiger partial charge in [-0.1, -0.05) is 27.7 Å². The van der Waals surface area contributed by atoms with Gasteiger partial charge in [0.25, 0.3) is 0 Å². The molecule has 10 nitrogen and oxygen atoms in total. The Bertz CT molecular complexity index is 863. The first-order valence-electron chi connectivity index (χ1n) is 14.6. The van der Waals surface area contributed by atoms with E-state index in [0.29, 0.717) is 13.0 Å². The number of fused-ring (bicyclic) bond motifs is 4. The summed E-state index contributed by atoms with van der Waals surface area (Å²) in [5.74, 6) is -1.21. The van der Waals surface area contributed by atoms with E-state index in [1.165, 1.54) is 0 Å². The predicted octanol–water partition coefficient (Wildman–Crippen LogP) is 2.49. The number of hydrogen-bond acceptors (Lipinski definition) is 9. The molecule has 0 amide bonds. The summed E-state index contributed by atoms with van der Waals surface area (Å²) in [5.41, 5.74) is 0. The molecule has 0 unspecified atom stereocenters. The third-order valence-corrected chi connectivity index (χ3v) is 10.1. The molecule has 0 radical (unpaired) electrons. The van der Waals surface area contributed by atoms with Gasteiger partial charge in [-0.15, -0.1) is 0 Å². The van der Waals surface area contributed by atoms with Crippen molar-refractivity contribution < 1.29 is 48.2 Å². The Hall–Kier alpha value is -0.850. The number of aliphatic hydroxyl groups is 1. The van der Waals surface area contributed by atoms with Crippen molar-refractivity contribution in [2.24, 2.45) is 23.7 Å². The van der Waals surface area contributed by atoms with Gasteiger partial charge in [0.1, 0.15) is 12.2 Å². The highest BCUT2D eigenvalue weighted by atomic mass is 16.7. The van der Waals surface area contributed by atoms with Crippen molar-refractivity contribution in [1.29, 1.82) is 0 Å². The van der Waals surface area contributed by atoms with Crippen LogP contribution in [0.5, 0.6) is 0 Å². The van der Waals surface area contributed by atoms with E-state index in [9.17, 15) is 9.90 Å². The fourth-order valence-electron chi connectivity index (χ4n) is 7.80. The van der Waals surface area contributed by atoms with Crippen molar-refractivity contribution in [2.45, 2.75) is 133 Å². The summed E-state index contributed by atoms with van der Waals surface area (Å²) < 4.78 is 44.7. The van der Waals surface area contributed by atoms with Crippen LogP contribution in [-0.4, -0.2) is 96.4 Å². The van der Waals surface area contributed by atoms with Crippen LogP contribution in [0.3, 0.4) is 0 Å². The summed E-state index contributed by atoms with van der Waals surface area (Å²) in [7, 11) is 0. The lowest BCUT2D eigenvalue weighted by molar-refractivity contribution is -0.339. The second-order valence-corrected chi connectivity index (χ2v) is 12.7. The van der Waals surface area contributed by atoms with Gasteiger partial charge < -0.3 is 43.4 Å². The van der Waals surface area contributed by atoms with Gasteiger partial charge in [-0.05, 0) is 31.1 Å². The number of rotatable bonds is 2. The van der Waals surface area contributed by atoms with E-state index in [2.05, 4.69) is 20.8 Å². The molecule has 6 aliphatic rings. The SMILES string of the molecule is C[C@@H]1C[C@@H]2O[C@@H]3[C@@H](C)[C@H](O)[C@@H]4O[C@]5(CCCO5)[C@@H](C)[C@H](C)[C@H]4O[C@H]3C[C@H]2O[C@H]2CO[C@@H](CC(=O)O)O[C@@H]2C1. The second-order valence-electron chi connectivity index (χ2n) is 12.7. The highest BCUT2D eigenvalue weighted by molar-refractivity contribution is 5.67. The molecule has 2 N–H and O–H groups in total. The van der Waals surface area contributed by atoms with Crippen molar-refractivity contribution in [3.63, 3.8) is 0 Å². The number of carboxylic acids is 1. The van der Waals surface area contributed by atoms with E-state index in [0.717, 1.165) is 25.7 Å². The molecule has 0 aromatic rings. The number of aliphatic carboxylic acids is 1. The van der Waals surface area contributed by atoms with Gasteiger partial charge in [0.05, 0.1) is 62.4 Å². The molecular formula is C28H44O10. The fraction of sp³-hybridized carbons (Fsp3) is 0.964. The fourth-order valence-corrected chi connectivity index (χ4v) is 7.80. The second kappa shape index (κ2) is 10.5. The van der Waals surface area contributed by atoms with Gasteiger partial charge in [0, 0.05) is 24.7 Å². The molecule has 6 aliphatic heterocycles. The van der Waals surface area contributed by atoms with Gasteiger partial charge in [-0.2, -0.15) is 0 Å². The number of aliphatic hydroxyl groups excluding tert-OH is 1. The normalized spacial score (nSPS) is 55.0. The first-order chi connectivity index (χ1) is 18.1. The molecule has 0 aromatic heterocycles. The van der Waals surface area contributed by atoms with Crippen LogP contribution < -0.4 is 0 Å². The average Bonchev–Trinajstić information content (AvgIpc) is 3.31. The first-order valence-corrected chi connectivity index (χ1v) is 14.6. The van der Waals surface area contributed by atoms with E-state index in [-0.39, 0.29) is 79.4 Å². The maximum atomic E-state index is 11.6. The van der Waals surface area contributed by atoms with Gasteiger partial charge in [-0.25, -0.2) is 0 Å². The van der Waals surface area contributed by atoms with Crippen LogP contribution in [0.2, 0.25) is 0 Å². The van der Waals surface area contributed by atoms with Crippen molar-refractivity contribution >= 4 is 5.97 Å². The molecule has 0 bridgehead atoms. The van der Waals surface area contributed by atoms with E-state index >= 15 is 0 Å². The van der Waals surface area contributed by atoms with Gasteiger partial charge in [0.15, 0.2) is 12.1 Å². The minimum atomic E-state index is -0.944. The molecule has 0 aliphatic carbocycles. The molecule has 1 spiro atoms. The Morgan fingerprint density at radius 1 is 0.842 bits per heavy atom. The third-order valence-electron chi connectivity index (χ3n) is 10.1. The van der Waals surface area contributed by atoms with Crippen molar-refractivity contribution in [2.75, 3.05) is 13.2 Å². The first kappa shape index (κ1) is 27.3. The number of carboxylic acid groups (broad SMARTS) is 1. The summed E-state index contributed by atoms with van der Waals surface area (Å²) in [6.45, 7) is 9.53. The minimum Gasteiger partial charge on any atom is -0.481 e. The van der Waals surface area contributed by atoms with Crippen LogP contribution in [0.1, 0.15) is 66.2 Å². The number of hydrogen-bond donors (Lipinski definition) is 2. The van der Waals surface area contributed by atoms with Crippen LogP contribution in [0.15, 0.2) is 0 Å². The molecule has 6 heterocycles. The van der Waals surface area contributed by atoms with Gasteiger partial charge in [0.2, 0.25) is 0 Å². The molecule has 6 fully saturated rings. The highest BCUT2D eigenvalue weighted by Gasteiger charge is 2.60. The molecule has 15 atom stereocenters. The van der Waals surface area contributed by atoms with Crippen LogP contribution >= 0.6 is 0 Å². The Kier molecular flexibility index (Phi) is 7.57. The third kappa shape index (κ3) is 4.83. The van der Waals surface area contributed by atoms with Crippen molar-refractivity contribution in [1.82, 2.24) is 0 Å². The molecule has 0 saturated carbocycles. The van der Waals surface area contributed by atoms with Crippen molar-refractivity contribution in [3.05, 3.63) is 0 Å². The maximum absolute atomic E-state index is 11.6. The number of carbonyl (C=O) groups is 1. The molecule has 10 heteroatoms. The van der Waals surface area contributed by atoms with Crippen LogP contribution in [-0.2, 0) is 38.0 Å². The van der Waals surface area contributed by atoms with Gasteiger partial charge >= 0.3 is 5.97 Å². The molecule has 6 saturated heterocycles. The lowest BCUT2D eigenvalue weighted by Crippen LogP contribution is -2.60. The molecule has 216 valence electrons. The predicted molar refractivity (Wildman–Crippen MR) is 132 cm³/mol. The summed E-state index contributed by atoms with van der Waals surface area (Å²) >= 11 is 0. The molecule has 0 aromatic carbocycles.